The van der Waals surface area contributed by atoms with Gasteiger partial charge in [-0.2, -0.15) is 5.10 Å². The molecule has 0 aliphatic heterocycles. The van der Waals surface area contributed by atoms with E-state index in [1.807, 2.05) is 20.9 Å². The third-order valence-corrected chi connectivity index (χ3v) is 3.24. The average Bonchev–Trinajstić information content (AvgIpc) is 2.74. The number of aromatic nitrogens is 2. The van der Waals surface area contributed by atoms with Crippen molar-refractivity contribution in [3.8, 4) is 0 Å². The smallest absolute Gasteiger partial charge is 0.334 e. The fraction of sp³-hybridized carbons (Fsp3) is 0.769. The van der Waals surface area contributed by atoms with Crippen molar-refractivity contribution in [2.75, 3.05) is 45.7 Å². The van der Waals surface area contributed by atoms with Crippen molar-refractivity contribution in [1.29, 1.82) is 0 Å². The second-order valence-electron chi connectivity index (χ2n) is 5.34. The largest absolute Gasteiger partial charge is 0.383 e. The molecule has 1 N–H and O–H groups in total. The number of anilines is 1. The van der Waals surface area contributed by atoms with E-state index in [-0.39, 0.29) is 16.5 Å². The number of nitrogens with zero attached hydrogens (tertiary/aromatic N) is 4. The molecular weight excluding hydrogens is 274 g/mol. The Morgan fingerprint density at radius 2 is 2.14 bits per heavy atom. The molecule has 8 heteroatoms. The number of aryl methyl sites for hydroxylation is 1. The van der Waals surface area contributed by atoms with E-state index in [9.17, 15) is 10.1 Å². The predicted molar refractivity (Wildman–Crippen MR) is 81.8 cm³/mol. The van der Waals surface area contributed by atoms with Gasteiger partial charge in [-0.15, -0.1) is 0 Å². The van der Waals surface area contributed by atoms with Gasteiger partial charge in [0.15, 0.2) is 0 Å². The Morgan fingerprint density at radius 3 is 2.67 bits per heavy atom. The summed E-state index contributed by atoms with van der Waals surface area (Å²) in [6.45, 7) is 6.67. The minimum Gasteiger partial charge on any atom is -0.383 e. The van der Waals surface area contributed by atoms with Crippen LogP contribution in [0.5, 0.6) is 0 Å². The molecular formula is C13H25N5O3. The van der Waals surface area contributed by atoms with Crippen molar-refractivity contribution in [3.63, 3.8) is 0 Å². The normalized spacial score (nSPS) is 11.4. The molecule has 0 bridgehead atoms. The molecule has 0 amide bonds. The molecule has 0 saturated carbocycles. The molecule has 0 saturated heterocycles. The first-order chi connectivity index (χ1) is 9.88. The van der Waals surface area contributed by atoms with Crippen molar-refractivity contribution < 1.29 is 9.66 Å². The van der Waals surface area contributed by atoms with Crippen molar-refractivity contribution in [2.45, 2.75) is 19.8 Å². The van der Waals surface area contributed by atoms with E-state index in [2.05, 4.69) is 15.3 Å². The third-order valence-electron chi connectivity index (χ3n) is 3.24. The lowest BCUT2D eigenvalue weighted by Gasteiger charge is -2.16. The summed E-state index contributed by atoms with van der Waals surface area (Å²) in [7, 11) is 5.37. The molecule has 0 unspecified atom stereocenters. The number of ether oxygens (including phenoxy) is 1. The summed E-state index contributed by atoms with van der Waals surface area (Å²) >= 11 is 0. The summed E-state index contributed by atoms with van der Waals surface area (Å²) in [4.78, 5) is 13.0. The second kappa shape index (κ2) is 7.94. The molecule has 0 spiro atoms. The van der Waals surface area contributed by atoms with Gasteiger partial charge < -0.3 is 15.0 Å². The number of hydrogen-bond acceptors (Lipinski definition) is 6. The van der Waals surface area contributed by atoms with Gasteiger partial charge in [0.2, 0.25) is 5.82 Å². The zero-order valence-corrected chi connectivity index (χ0v) is 13.4. The van der Waals surface area contributed by atoms with Crippen molar-refractivity contribution >= 4 is 11.5 Å². The van der Waals surface area contributed by atoms with Crippen LogP contribution in [-0.2, 0) is 11.8 Å². The quantitative estimate of drug-likeness (QED) is 0.548. The highest BCUT2D eigenvalue weighted by molar-refractivity contribution is 5.60. The Hall–Kier alpha value is -1.67. The second-order valence-corrected chi connectivity index (χ2v) is 5.34. The number of methoxy groups -OCH3 is 1. The molecule has 0 fully saturated rings. The average molecular weight is 299 g/mol. The van der Waals surface area contributed by atoms with E-state index in [1.165, 1.54) is 0 Å². The lowest BCUT2D eigenvalue weighted by Crippen LogP contribution is -2.28. The monoisotopic (exact) mass is 299 g/mol. The molecule has 1 aromatic heterocycles. The minimum absolute atomic E-state index is 0.0107. The Bertz CT molecular complexity index is 473. The van der Waals surface area contributed by atoms with E-state index >= 15 is 0 Å². The van der Waals surface area contributed by atoms with Gasteiger partial charge in [0.25, 0.3) is 0 Å². The summed E-state index contributed by atoms with van der Waals surface area (Å²) in [6, 6.07) is 0. The van der Waals surface area contributed by atoms with Crippen LogP contribution >= 0.6 is 0 Å². The molecule has 0 atom stereocenters. The molecule has 0 aliphatic carbocycles. The lowest BCUT2D eigenvalue weighted by molar-refractivity contribution is -0.384. The Balaban J connectivity index is 2.72. The topological polar surface area (TPSA) is 85.5 Å². The zero-order valence-electron chi connectivity index (χ0n) is 13.4. The van der Waals surface area contributed by atoms with Gasteiger partial charge in [0.05, 0.1) is 11.5 Å². The van der Waals surface area contributed by atoms with Crippen LogP contribution in [0.1, 0.15) is 25.5 Å². The standard InChI is InChI=1S/C13H25N5O3/c1-10(2)11-12(18(19)20)13(17(4)15-11)14-6-7-16(3)8-9-21-5/h10,14H,6-9H2,1-5H3. The van der Waals surface area contributed by atoms with Crippen molar-refractivity contribution in [1.82, 2.24) is 14.7 Å². The highest BCUT2D eigenvalue weighted by Crippen LogP contribution is 2.32. The highest BCUT2D eigenvalue weighted by Gasteiger charge is 2.28. The molecule has 1 heterocycles. The van der Waals surface area contributed by atoms with Gasteiger partial charge in [0, 0.05) is 39.7 Å². The molecule has 0 aliphatic rings. The van der Waals surface area contributed by atoms with Gasteiger partial charge in [0.1, 0.15) is 5.69 Å². The minimum atomic E-state index is -0.362. The number of nitro groups is 1. The van der Waals surface area contributed by atoms with Crippen LogP contribution in [0.3, 0.4) is 0 Å². The maximum absolute atomic E-state index is 11.3. The molecule has 21 heavy (non-hydrogen) atoms. The fourth-order valence-electron chi connectivity index (χ4n) is 2.02. The summed E-state index contributed by atoms with van der Waals surface area (Å²) < 4.78 is 6.56. The summed E-state index contributed by atoms with van der Waals surface area (Å²) in [5, 5.41) is 18.7. The van der Waals surface area contributed by atoms with Gasteiger partial charge in [-0.05, 0) is 7.05 Å². The Morgan fingerprint density at radius 1 is 1.48 bits per heavy atom. The molecule has 0 radical (unpaired) electrons. The zero-order chi connectivity index (χ0) is 16.0. The maximum Gasteiger partial charge on any atom is 0.334 e. The molecule has 1 rings (SSSR count). The van der Waals surface area contributed by atoms with Crippen molar-refractivity contribution in [2.24, 2.45) is 7.05 Å². The first-order valence-electron chi connectivity index (χ1n) is 7.01. The van der Waals surface area contributed by atoms with E-state index < -0.39 is 0 Å². The van der Waals surface area contributed by atoms with E-state index in [4.69, 9.17) is 4.74 Å². The number of likely N-dealkylation sites (N-methyl/N-ethyl adjacent to an activating group) is 1. The van der Waals surface area contributed by atoms with Crippen LogP contribution in [0.2, 0.25) is 0 Å². The van der Waals surface area contributed by atoms with Crippen molar-refractivity contribution in [3.05, 3.63) is 15.8 Å². The van der Waals surface area contributed by atoms with Crippen LogP contribution in [0, 0.1) is 10.1 Å². The number of hydrogen-bond donors (Lipinski definition) is 1. The summed E-state index contributed by atoms with van der Waals surface area (Å²) in [5.74, 6) is 0.473. The number of nitrogens with one attached hydrogen (secondary N) is 1. The lowest BCUT2D eigenvalue weighted by atomic mass is 10.1. The van der Waals surface area contributed by atoms with Crippen LogP contribution in [-0.4, -0.2) is 60.0 Å². The van der Waals surface area contributed by atoms with Crippen LogP contribution in [0.25, 0.3) is 0 Å². The highest BCUT2D eigenvalue weighted by atomic mass is 16.6. The van der Waals surface area contributed by atoms with Crippen LogP contribution in [0.4, 0.5) is 11.5 Å². The Kier molecular flexibility index (Phi) is 6.57. The first kappa shape index (κ1) is 17.4. The van der Waals surface area contributed by atoms with Crippen LogP contribution in [0.15, 0.2) is 0 Å². The first-order valence-corrected chi connectivity index (χ1v) is 7.01. The maximum atomic E-state index is 11.3. The summed E-state index contributed by atoms with van der Waals surface area (Å²) in [6.07, 6.45) is 0. The third kappa shape index (κ3) is 4.68. The molecule has 120 valence electrons. The fourth-order valence-corrected chi connectivity index (χ4v) is 2.02. The predicted octanol–water partition coefficient (Wildman–Crippen LogP) is 1.44. The van der Waals surface area contributed by atoms with E-state index in [0.717, 1.165) is 13.1 Å². The van der Waals surface area contributed by atoms with Gasteiger partial charge in [-0.1, -0.05) is 13.8 Å². The van der Waals surface area contributed by atoms with Crippen LogP contribution < -0.4 is 5.32 Å². The number of rotatable bonds is 9. The molecule has 0 aromatic carbocycles. The van der Waals surface area contributed by atoms with E-state index in [0.29, 0.717) is 24.7 Å². The van der Waals surface area contributed by atoms with E-state index in [1.54, 1.807) is 18.8 Å². The Labute approximate surface area is 125 Å². The SMILES string of the molecule is COCCN(C)CCNc1c([N+](=O)[O-])c(C(C)C)nn1C. The van der Waals surface area contributed by atoms with Gasteiger partial charge in [-0.25, -0.2) is 4.68 Å². The van der Waals surface area contributed by atoms with Gasteiger partial charge >= 0.3 is 5.69 Å². The van der Waals surface area contributed by atoms with Gasteiger partial charge in [-0.3, -0.25) is 10.1 Å². The summed E-state index contributed by atoms with van der Waals surface area (Å²) in [5.41, 5.74) is 0.588. The molecule has 8 nitrogen and oxygen atoms in total. The molecule has 1 aromatic rings.